The summed E-state index contributed by atoms with van der Waals surface area (Å²) in [6, 6.07) is 5.36. The van der Waals surface area contributed by atoms with Crippen LogP contribution in [0.1, 0.15) is 31.7 Å². The summed E-state index contributed by atoms with van der Waals surface area (Å²) in [5, 5.41) is 8.86. The minimum absolute atomic E-state index is 0.273. The van der Waals surface area contributed by atoms with E-state index in [1.807, 2.05) is 13.0 Å². The average molecular weight is 311 g/mol. The molecule has 0 saturated heterocycles. The van der Waals surface area contributed by atoms with Crippen molar-refractivity contribution in [3.63, 3.8) is 0 Å². The molecule has 1 aliphatic rings. The SMILES string of the molecule is CCN(CC1CCC1)c1ccc(C#N)c(Br)c1F. The van der Waals surface area contributed by atoms with Crippen LogP contribution >= 0.6 is 15.9 Å². The van der Waals surface area contributed by atoms with Gasteiger partial charge in [-0.05, 0) is 53.7 Å². The van der Waals surface area contributed by atoms with Gasteiger partial charge in [0.25, 0.3) is 0 Å². The molecule has 96 valence electrons. The summed E-state index contributed by atoms with van der Waals surface area (Å²) < 4.78 is 14.5. The van der Waals surface area contributed by atoms with Gasteiger partial charge in [0.05, 0.1) is 15.7 Å². The van der Waals surface area contributed by atoms with E-state index in [1.165, 1.54) is 19.3 Å². The van der Waals surface area contributed by atoms with Gasteiger partial charge in [-0.15, -0.1) is 0 Å². The molecular weight excluding hydrogens is 295 g/mol. The highest BCUT2D eigenvalue weighted by Crippen LogP contribution is 2.32. The lowest BCUT2D eigenvalue weighted by atomic mass is 9.85. The number of nitriles is 1. The second kappa shape index (κ2) is 5.71. The van der Waals surface area contributed by atoms with Crippen molar-refractivity contribution in [1.82, 2.24) is 0 Å². The van der Waals surface area contributed by atoms with Crippen molar-refractivity contribution in [2.24, 2.45) is 5.92 Å². The zero-order valence-electron chi connectivity index (χ0n) is 10.4. The minimum atomic E-state index is -0.324. The predicted octanol–water partition coefficient (Wildman–Crippen LogP) is 4.09. The molecular formula is C14H16BrFN2. The van der Waals surface area contributed by atoms with Crippen molar-refractivity contribution in [3.8, 4) is 6.07 Å². The van der Waals surface area contributed by atoms with Gasteiger partial charge in [0, 0.05) is 13.1 Å². The minimum Gasteiger partial charge on any atom is -0.369 e. The van der Waals surface area contributed by atoms with Crippen LogP contribution < -0.4 is 4.90 Å². The lowest BCUT2D eigenvalue weighted by molar-refractivity contribution is 0.318. The maximum Gasteiger partial charge on any atom is 0.161 e. The van der Waals surface area contributed by atoms with Gasteiger partial charge in [0.15, 0.2) is 5.82 Å². The Morgan fingerprint density at radius 1 is 1.50 bits per heavy atom. The fourth-order valence-corrected chi connectivity index (χ4v) is 2.68. The van der Waals surface area contributed by atoms with Crippen LogP contribution in [0, 0.1) is 23.1 Å². The summed E-state index contributed by atoms with van der Waals surface area (Å²) in [5.74, 6) is 0.369. The lowest BCUT2D eigenvalue weighted by Crippen LogP contribution is -2.33. The van der Waals surface area contributed by atoms with Crippen LogP contribution in [0.5, 0.6) is 0 Å². The van der Waals surface area contributed by atoms with Gasteiger partial charge >= 0.3 is 0 Å². The Kier molecular flexibility index (Phi) is 4.23. The van der Waals surface area contributed by atoms with Gasteiger partial charge in [0.1, 0.15) is 6.07 Å². The molecule has 1 aromatic rings. The average Bonchev–Trinajstić information content (AvgIpc) is 2.33. The van der Waals surface area contributed by atoms with Crippen LogP contribution in [-0.4, -0.2) is 13.1 Å². The van der Waals surface area contributed by atoms with E-state index in [0.717, 1.165) is 13.1 Å². The number of nitrogens with zero attached hydrogens (tertiary/aromatic N) is 2. The molecule has 0 amide bonds. The first-order valence-electron chi connectivity index (χ1n) is 6.30. The molecule has 0 heterocycles. The number of benzene rings is 1. The summed E-state index contributed by atoms with van der Waals surface area (Å²) in [5.41, 5.74) is 0.936. The first-order chi connectivity index (χ1) is 8.67. The Bertz CT molecular complexity index is 477. The monoisotopic (exact) mass is 310 g/mol. The number of hydrogen-bond acceptors (Lipinski definition) is 2. The number of rotatable bonds is 4. The number of halogens is 2. The van der Waals surface area contributed by atoms with Crippen LogP contribution in [-0.2, 0) is 0 Å². The molecule has 0 atom stereocenters. The van der Waals surface area contributed by atoms with Gasteiger partial charge in [-0.25, -0.2) is 4.39 Å². The van der Waals surface area contributed by atoms with Crippen LogP contribution in [0.25, 0.3) is 0 Å². The third-order valence-electron chi connectivity index (χ3n) is 3.61. The normalized spacial score (nSPS) is 15.0. The molecule has 1 fully saturated rings. The zero-order valence-corrected chi connectivity index (χ0v) is 12.0. The highest BCUT2D eigenvalue weighted by Gasteiger charge is 2.22. The highest BCUT2D eigenvalue weighted by atomic mass is 79.9. The summed E-state index contributed by atoms with van der Waals surface area (Å²) in [6.07, 6.45) is 3.78. The van der Waals surface area contributed by atoms with Crippen LogP contribution in [0.2, 0.25) is 0 Å². The largest absolute Gasteiger partial charge is 0.369 e. The summed E-state index contributed by atoms with van der Waals surface area (Å²) in [6.45, 7) is 3.72. The summed E-state index contributed by atoms with van der Waals surface area (Å²) >= 11 is 3.16. The Labute approximate surface area is 116 Å². The van der Waals surface area contributed by atoms with E-state index in [2.05, 4.69) is 20.8 Å². The van der Waals surface area contributed by atoms with E-state index in [9.17, 15) is 4.39 Å². The quantitative estimate of drug-likeness (QED) is 0.837. The molecule has 1 saturated carbocycles. The van der Waals surface area contributed by atoms with E-state index >= 15 is 0 Å². The van der Waals surface area contributed by atoms with E-state index in [0.29, 0.717) is 17.2 Å². The Morgan fingerprint density at radius 2 is 2.22 bits per heavy atom. The topological polar surface area (TPSA) is 27.0 Å². The third-order valence-corrected chi connectivity index (χ3v) is 4.38. The summed E-state index contributed by atoms with van der Waals surface area (Å²) in [4.78, 5) is 2.06. The first kappa shape index (κ1) is 13.4. The van der Waals surface area contributed by atoms with Crippen molar-refractivity contribution >= 4 is 21.6 Å². The van der Waals surface area contributed by atoms with E-state index in [4.69, 9.17) is 5.26 Å². The molecule has 1 aromatic carbocycles. The fourth-order valence-electron chi connectivity index (χ4n) is 2.25. The molecule has 18 heavy (non-hydrogen) atoms. The Morgan fingerprint density at radius 3 is 2.72 bits per heavy atom. The highest BCUT2D eigenvalue weighted by molar-refractivity contribution is 9.10. The molecule has 0 radical (unpaired) electrons. The van der Waals surface area contributed by atoms with Crippen LogP contribution in [0.15, 0.2) is 16.6 Å². The molecule has 0 unspecified atom stereocenters. The van der Waals surface area contributed by atoms with Gasteiger partial charge in [0.2, 0.25) is 0 Å². The maximum atomic E-state index is 14.2. The molecule has 0 aromatic heterocycles. The summed E-state index contributed by atoms with van der Waals surface area (Å²) in [7, 11) is 0. The van der Waals surface area contributed by atoms with Crippen molar-refractivity contribution in [2.75, 3.05) is 18.0 Å². The second-order valence-electron chi connectivity index (χ2n) is 4.71. The lowest BCUT2D eigenvalue weighted by Gasteiger charge is -2.33. The van der Waals surface area contributed by atoms with Crippen molar-refractivity contribution < 1.29 is 4.39 Å². The van der Waals surface area contributed by atoms with E-state index in [-0.39, 0.29) is 10.3 Å². The Balaban J connectivity index is 2.25. The molecule has 0 N–H and O–H groups in total. The molecule has 1 aliphatic carbocycles. The predicted molar refractivity (Wildman–Crippen MR) is 74.0 cm³/mol. The molecule has 0 aliphatic heterocycles. The number of hydrogen-bond donors (Lipinski definition) is 0. The third kappa shape index (κ3) is 2.51. The van der Waals surface area contributed by atoms with E-state index in [1.54, 1.807) is 12.1 Å². The van der Waals surface area contributed by atoms with Crippen molar-refractivity contribution in [2.45, 2.75) is 26.2 Å². The van der Waals surface area contributed by atoms with Crippen LogP contribution in [0.3, 0.4) is 0 Å². The number of anilines is 1. The van der Waals surface area contributed by atoms with Crippen molar-refractivity contribution in [3.05, 3.63) is 28.0 Å². The van der Waals surface area contributed by atoms with Crippen molar-refractivity contribution in [1.29, 1.82) is 5.26 Å². The van der Waals surface area contributed by atoms with Gasteiger partial charge < -0.3 is 4.90 Å². The van der Waals surface area contributed by atoms with Gasteiger partial charge in [-0.3, -0.25) is 0 Å². The van der Waals surface area contributed by atoms with Gasteiger partial charge in [-0.2, -0.15) is 5.26 Å². The van der Waals surface area contributed by atoms with Gasteiger partial charge in [-0.1, -0.05) is 6.42 Å². The maximum absolute atomic E-state index is 14.2. The molecule has 2 nitrogen and oxygen atoms in total. The smallest absolute Gasteiger partial charge is 0.161 e. The molecule has 4 heteroatoms. The molecule has 0 bridgehead atoms. The molecule has 0 spiro atoms. The zero-order chi connectivity index (χ0) is 13.1. The second-order valence-corrected chi connectivity index (χ2v) is 5.50. The first-order valence-corrected chi connectivity index (χ1v) is 7.09. The van der Waals surface area contributed by atoms with E-state index < -0.39 is 0 Å². The standard InChI is InChI=1S/C14H16BrFN2/c1-2-18(9-10-4-3-5-10)12-7-6-11(8-17)13(15)14(12)16/h6-7,10H,2-5,9H2,1H3. The molecule has 2 rings (SSSR count). The van der Waals surface area contributed by atoms with Crippen LogP contribution in [0.4, 0.5) is 10.1 Å². The Hall–Kier alpha value is -1.08. The fraction of sp³-hybridized carbons (Fsp3) is 0.500.